The molecular weight excluding hydrogens is 665 g/mol. The number of fused-ring (bicyclic) bond motifs is 2. The van der Waals surface area contributed by atoms with Crippen molar-refractivity contribution in [2.75, 3.05) is 44.2 Å². The minimum atomic E-state index is -0.606. The number of rotatable bonds is 8. The van der Waals surface area contributed by atoms with Crippen LogP contribution in [0.5, 0.6) is 11.5 Å². The van der Waals surface area contributed by atoms with Gasteiger partial charge in [-0.05, 0) is 78.9 Å². The number of carbonyl (C=O) groups is 3. The van der Waals surface area contributed by atoms with E-state index in [1.165, 1.54) is 16.8 Å². The first-order chi connectivity index (χ1) is 25.9. The number of nitrogens with one attached hydrogen (secondary N) is 1. The third-order valence-corrected chi connectivity index (χ3v) is 11.2. The average molecular weight is 709 g/mol. The highest BCUT2D eigenvalue weighted by Gasteiger charge is 2.39. The second kappa shape index (κ2) is 15.2. The highest BCUT2D eigenvalue weighted by Crippen LogP contribution is 2.47. The van der Waals surface area contributed by atoms with Crippen LogP contribution in [0, 0.1) is 11.8 Å². The third-order valence-electron chi connectivity index (χ3n) is 11.2. The summed E-state index contributed by atoms with van der Waals surface area (Å²) in [4.78, 5) is 43.4. The maximum absolute atomic E-state index is 13.0. The van der Waals surface area contributed by atoms with Crippen LogP contribution in [0.15, 0.2) is 91.0 Å². The zero-order valence-electron chi connectivity index (χ0n) is 29.8. The molecule has 9 heteroatoms. The van der Waals surface area contributed by atoms with Gasteiger partial charge >= 0.3 is 0 Å². The van der Waals surface area contributed by atoms with Crippen LogP contribution in [0.25, 0.3) is 0 Å². The fourth-order valence-electron chi connectivity index (χ4n) is 8.29. The van der Waals surface area contributed by atoms with Crippen LogP contribution in [0.3, 0.4) is 0 Å². The Hall–Kier alpha value is -5.59. The van der Waals surface area contributed by atoms with Gasteiger partial charge in [-0.1, -0.05) is 60.4 Å². The molecule has 4 heterocycles. The van der Waals surface area contributed by atoms with E-state index in [1.807, 2.05) is 24.3 Å². The first-order valence-electron chi connectivity index (χ1n) is 18.8. The topological polar surface area (TPSA) is 102 Å². The molecule has 1 unspecified atom stereocenters. The first kappa shape index (κ1) is 34.5. The maximum atomic E-state index is 13.0. The number of piperidine rings is 1. The van der Waals surface area contributed by atoms with Crippen molar-refractivity contribution in [2.45, 2.75) is 56.5 Å². The minimum absolute atomic E-state index is 0.134. The van der Waals surface area contributed by atoms with Crippen LogP contribution in [-0.2, 0) is 16.1 Å². The lowest BCUT2D eigenvalue weighted by molar-refractivity contribution is -0.136. The van der Waals surface area contributed by atoms with Gasteiger partial charge < -0.3 is 19.6 Å². The van der Waals surface area contributed by atoms with Crippen molar-refractivity contribution in [1.29, 1.82) is 0 Å². The van der Waals surface area contributed by atoms with E-state index in [-0.39, 0.29) is 35.8 Å². The van der Waals surface area contributed by atoms with E-state index in [0.717, 1.165) is 74.4 Å². The summed E-state index contributed by atoms with van der Waals surface area (Å²) in [5, 5.41) is 12.5. The summed E-state index contributed by atoms with van der Waals surface area (Å²) >= 11 is 0. The number of ether oxygens (including phenoxy) is 1. The molecule has 2 fully saturated rings. The summed E-state index contributed by atoms with van der Waals surface area (Å²) in [5.41, 5.74) is 7.22. The van der Waals surface area contributed by atoms with Gasteiger partial charge in [-0.2, -0.15) is 0 Å². The second-order valence-electron chi connectivity index (χ2n) is 14.5. The molecule has 270 valence electrons. The monoisotopic (exact) mass is 708 g/mol. The van der Waals surface area contributed by atoms with Crippen molar-refractivity contribution in [3.8, 4) is 23.3 Å². The standard InChI is InChI=1S/C44H44N4O5/c49-35-16-18-37-40(27-35)53-29-38(31-9-5-3-6-10-31)42(37)32-12-14-34(15-13-32)47-24-22-46(23-25-47)21-7-2-1-4-8-30-11-17-36-33(26-30)28-48(44(36)52)39-19-20-41(50)45-43(39)51/h3,5-6,9-18,26-27,38-39,42,49H,1-2,7,19-25,28-29H2,(H,45,50,51)/t38-,39?,42-/m0/s1. The molecule has 0 bridgehead atoms. The van der Waals surface area contributed by atoms with Gasteiger partial charge in [0.15, 0.2) is 0 Å². The van der Waals surface area contributed by atoms with Crippen molar-refractivity contribution in [3.63, 3.8) is 0 Å². The van der Waals surface area contributed by atoms with Crippen LogP contribution in [0.2, 0.25) is 0 Å². The lowest BCUT2D eigenvalue weighted by Crippen LogP contribution is -2.52. The number of carbonyl (C=O) groups excluding carboxylic acids is 3. The Labute approximate surface area is 310 Å². The van der Waals surface area contributed by atoms with E-state index in [1.54, 1.807) is 23.1 Å². The average Bonchev–Trinajstić information content (AvgIpc) is 3.51. The zero-order valence-corrected chi connectivity index (χ0v) is 29.8. The number of imide groups is 1. The molecule has 0 spiro atoms. The van der Waals surface area contributed by atoms with E-state index >= 15 is 0 Å². The lowest BCUT2D eigenvalue weighted by atomic mass is 9.76. The minimum Gasteiger partial charge on any atom is -0.508 e. The highest BCUT2D eigenvalue weighted by atomic mass is 16.5. The van der Waals surface area contributed by atoms with Crippen LogP contribution in [-0.4, -0.2) is 78.0 Å². The van der Waals surface area contributed by atoms with Crippen molar-refractivity contribution >= 4 is 23.4 Å². The number of anilines is 1. The highest BCUT2D eigenvalue weighted by molar-refractivity contribution is 6.05. The smallest absolute Gasteiger partial charge is 0.255 e. The molecular formula is C44H44N4O5. The molecule has 53 heavy (non-hydrogen) atoms. The van der Waals surface area contributed by atoms with Crippen LogP contribution in [0.4, 0.5) is 5.69 Å². The number of benzene rings is 4. The summed E-state index contributed by atoms with van der Waals surface area (Å²) in [6, 6.07) is 30.1. The molecule has 9 nitrogen and oxygen atoms in total. The Morgan fingerprint density at radius 1 is 0.849 bits per heavy atom. The number of phenolic OH excluding ortho intramolecular Hbond substituents is 1. The van der Waals surface area contributed by atoms with Crippen LogP contribution < -0.4 is 15.0 Å². The zero-order chi connectivity index (χ0) is 36.3. The normalized spacial score (nSPS) is 21.3. The summed E-state index contributed by atoms with van der Waals surface area (Å²) in [6.07, 6.45) is 3.54. The Balaban J connectivity index is 0.805. The Morgan fingerprint density at radius 2 is 1.66 bits per heavy atom. The Morgan fingerprint density at radius 3 is 2.45 bits per heavy atom. The van der Waals surface area contributed by atoms with E-state index < -0.39 is 11.9 Å². The molecule has 3 atom stereocenters. The summed E-state index contributed by atoms with van der Waals surface area (Å²) < 4.78 is 6.15. The largest absolute Gasteiger partial charge is 0.508 e. The van der Waals surface area contributed by atoms with E-state index in [0.29, 0.717) is 25.1 Å². The molecule has 2 N–H and O–H groups in total. The van der Waals surface area contributed by atoms with Gasteiger partial charge in [-0.3, -0.25) is 24.6 Å². The Kier molecular flexibility index (Phi) is 9.88. The number of unbranched alkanes of at least 4 members (excludes halogenated alkanes) is 2. The molecule has 2 saturated heterocycles. The lowest BCUT2D eigenvalue weighted by Gasteiger charge is -2.37. The summed E-state index contributed by atoms with van der Waals surface area (Å²) in [5.74, 6) is 7.03. The number of amides is 3. The van der Waals surface area contributed by atoms with Crippen molar-refractivity contribution < 1.29 is 24.2 Å². The van der Waals surface area contributed by atoms with Gasteiger partial charge in [0.1, 0.15) is 17.5 Å². The number of hydrogen-bond acceptors (Lipinski definition) is 7. The predicted octanol–water partition coefficient (Wildman–Crippen LogP) is 5.81. The number of piperazine rings is 1. The van der Waals surface area contributed by atoms with E-state index in [2.05, 4.69) is 75.5 Å². The molecule has 4 aromatic carbocycles. The molecule has 4 aliphatic rings. The maximum Gasteiger partial charge on any atom is 0.255 e. The number of aromatic hydroxyl groups is 1. The molecule has 0 aliphatic carbocycles. The van der Waals surface area contributed by atoms with Gasteiger partial charge in [0, 0.05) is 85.8 Å². The van der Waals surface area contributed by atoms with Crippen molar-refractivity contribution in [2.24, 2.45) is 0 Å². The number of phenols is 1. The predicted molar refractivity (Wildman–Crippen MR) is 203 cm³/mol. The van der Waals surface area contributed by atoms with Crippen LogP contribution in [0.1, 0.15) is 82.1 Å². The molecule has 0 radical (unpaired) electrons. The van der Waals surface area contributed by atoms with Gasteiger partial charge in [0.05, 0.1) is 6.61 Å². The fourth-order valence-corrected chi connectivity index (χ4v) is 8.29. The number of hydrogen-bond donors (Lipinski definition) is 2. The molecule has 4 aromatic rings. The van der Waals surface area contributed by atoms with E-state index in [4.69, 9.17) is 4.74 Å². The summed E-state index contributed by atoms with van der Waals surface area (Å²) in [6.45, 7) is 6.04. The molecule has 4 aliphatic heterocycles. The fraction of sp³-hybridized carbons (Fsp3) is 0.341. The molecule has 3 amide bonds. The molecule has 8 rings (SSSR count). The van der Waals surface area contributed by atoms with Crippen LogP contribution >= 0.6 is 0 Å². The van der Waals surface area contributed by atoms with Gasteiger partial charge in [0.25, 0.3) is 5.91 Å². The Bertz CT molecular complexity index is 2060. The SMILES string of the molecule is O=C1CCC(N2Cc3cc(C#CCCCCN4CCN(c5ccc([C@H]6c7ccc(O)cc7OC[C@H]6c6ccccc6)cc5)CC4)ccc3C2=O)C(=O)N1. The molecule has 0 saturated carbocycles. The van der Waals surface area contributed by atoms with Crippen molar-refractivity contribution in [1.82, 2.24) is 15.1 Å². The van der Waals surface area contributed by atoms with E-state index in [9.17, 15) is 19.5 Å². The van der Waals surface area contributed by atoms with Crippen molar-refractivity contribution in [3.05, 3.63) is 124 Å². The number of nitrogens with zero attached hydrogens (tertiary/aromatic N) is 3. The van der Waals surface area contributed by atoms with Gasteiger partial charge in [-0.25, -0.2) is 0 Å². The second-order valence-corrected chi connectivity index (χ2v) is 14.5. The van der Waals surface area contributed by atoms with Gasteiger partial charge in [0.2, 0.25) is 11.8 Å². The first-order valence-corrected chi connectivity index (χ1v) is 18.8. The van der Waals surface area contributed by atoms with Gasteiger partial charge in [-0.15, -0.1) is 0 Å². The quantitative estimate of drug-likeness (QED) is 0.136. The summed E-state index contributed by atoms with van der Waals surface area (Å²) in [7, 11) is 0. The molecule has 0 aromatic heterocycles. The third kappa shape index (κ3) is 7.37.